The average Bonchev–Trinajstić information content (AvgIpc) is 3.05. The number of aryl methyl sites for hydroxylation is 2. The SMILES string of the molecule is O=C(O)c1ccccc1C1=c2cc3c(cc2Oc2cc4c(cc21)CCCN4CCCSOOO)=[N+](CCCSOOO)CCC3. The summed E-state index contributed by atoms with van der Waals surface area (Å²) >= 11 is 2.11. The number of carboxylic acids is 1. The first-order valence-electron chi connectivity index (χ1n) is 15.0. The van der Waals surface area contributed by atoms with Crippen molar-refractivity contribution in [1.82, 2.24) is 4.58 Å². The Kier molecular flexibility index (Phi) is 10.6. The van der Waals surface area contributed by atoms with Gasteiger partial charge in [0.15, 0.2) is 0 Å². The summed E-state index contributed by atoms with van der Waals surface area (Å²) in [6, 6.07) is 15.8. The van der Waals surface area contributed by atoms with Gasteiger partial charge in [0.1, 0.15) is 24.6 Å². The Morgan fingerprint density at radius 3 is 2.49 bits per heavy atom. The molecule has 0 saturated heterocycles. The molecule has 11 nitrogen and oxygen atoms in total. The van der Waals surface area contributed by atoms with Crippen LogP contribution >= 0.6 is 24.1 Å². The molecule has 0 aliphatic carbocycles. The molecule has 0 spiro atoms. The lowest BCUT2D eigenvalue weighted by Crippen LogP contribution is -2.40. The topological polar surface area (TPSA) is 130 Å². The molecule has 0 fully saturated rings. The molecule has 0 saturated carbocycles. The highest BCUT2D eigenvalue weighted by Gasteiger charge is 2.29. The first kappa shape index (κ1) is 31.8. The van der Waals surface area contributed by atoms with Crippen molar-refractivity contribution >= 4 is 41.3 Å². The van der Waals surface area contributed by atoms with Crippen molar-refractivity contribution in [2.24, 2.45) is 0 Å². The predicted octanol–water partition coefficient (Wildman–Crippen LogP) is 4.85. The second-order valence-corrected chi connectivity index (χ2v) is 12.7. The molecule has 238 valence electrons. The molecule has 0 radical (unpaired) electrons. The zero-order valence-electron chi connectivity index (χ0n) is 24.6. The molecule has 0 amide bonds. The van der Waals surface area contributed by atoms with E-state index in [4.69, 9.17) is 15.3 Å². The van der Waals surface area contributed by atoms with Gasteiger partial charge in [0.2, 0.25) is 5.36 Å². The van der Waals surface area contributed by atoms with Crippen LogP contribution in [0.3, 0.4) is 0 Å². The summed E-state index contributed by atoms with van der Waals surface area (Å²) in [6.07, 6.45) is 5.52. The molecule has 0 atom stereocenters. The molecule has 0 unspecified atom stereocenters. The van der Waals surface area contributed by atoms with Gasteiger partial charge in [-0.2, -0.15) is 0 Å². The molecule has 0 bridgehead atoms. The van der Waals surface area contributed by atoms with Crippen molar-refractivity contribution < 1.29 is 43.9 Å². The van der Waals surface area contributed by atoms with Gasteiger partial charge < -0.3 is 14.7 Å². The molecule has 13 heteroatoms. The van der Waals surface area contributed by atoms with E-state index >= 15 is 0 Å². The number of hydrogen-bond acceptors (Lipinski definition) is 11. The van der Waals surface area contributed by atoms with Crippen LogP contribution in [-0.4, -0.2) is 59.3 Å². The number of carbonyl (C=O) groups is 1. The Balaban J connectivity index is 1.46. The minimum atomic E-state index is -0.970. The van der Waals surface area contributed by atoms with Crippen LogP contribution in [0.4, 0.5) is 5.69 Å². The largest absolute Gasteiger partial charge is 0.478 e. The molecule has 45 heavy (non-hydrogen) atoms. The van der Waals surface area contributed by atoms with Gasteiger partial charge in [0.05, 0.1) is 11.6 Å². The third kappa shape index (κ3) is 7.00. The first-order chi connectivity index (χ1) is 22.1. The number of benzene rings is 3. The van der Waals surface area contributed by atoms with E-state index in [2.05, 4.69) is 52.5 Å². The highest BCUT2D eigenvalue weighted by atomic mass is 32.2. The van der Waals surface area contributed by atoms with Gasteiger partial charge in [0, 0.05) is 95.2 Å². The van der Waals surface area contributed by atoms with Crippen LogP contribution < -0.4 is 24.8 Å². The predicted molar refractivity (Wildman–Crippen MR) is 171 cm³/mol. The average molecular weight is 656 g/mol. The summed E-state index contributed by atoms with van der Waals surface area (Å²) < 4.78 is 18.1. The van der Waals surface area contributed by atoms with Crippen molar-refractivity contribution in [3.63, 3.8) is 0 Å². The molecular formula is C32H35N2O9S2+. The number of anilines is 1. The highest BCUT2D eigenvalue weighted by molar-refractivity contribution is 7.94. The summed E-state index contributed by atoms with van der Waals surface area (Å²) in [5.74, 6) is 1.76. The lowest BCUT2D eigenvalue weighted by molar-refractivity contribution is -0.432. The number of carboxylic acid groups (broad SMARTS) is 1. The van der Waals surface area contributed by atoms with E-state index in [-0.39, 0.29) is 5.56 Å². The Bertz CT molecular complexity index is 1680. The maximum absolute atomic E-state index is 12.4. The normalized spacial score (nSPS) is 15.2. The zero-order chi connectivity index (χ0) is 31.2. The lowest BCUT2D eigenvalue weighted by Gasteiger charge is -2.33. The molecule has 3 aromatic carbocycles. The maximum Gasteiger partial charge on any atom is 0.336 e. The van der Waals surface area contributed by atoms with Crippen LogP contribution in [0, 0.1) is 0 Å². The Labute approximate surface area is 268 Å². The van der Waals surface area contributed by atoms with Crippen molar-refractivity contribution in [3.8, 4) is 11.5 Å². The monoisotopic (exact) mass is 655 g/mol. The molecule has 3 aliphatic heterocycles. The van der Waals surface area contributed by atoms with Gasteiger partial charge in [-0.05, 0) is 55.0 Å². The molecule has 6 rings (SSSR count). The quantitative estimate of drug-likeness (QED) is 0.0565. The third-order valence-electron chi connectivity index (χ3n) is 8.45. The summed E-state index contributed by atoms with van der Waals surface area (Å²) in [4.78, 5) is 14.8. The summed E-state index contributed by atoms with van der Waals surface area (Å²) in [7, 11) is 0. The van der Waals surface area contributed by atoms with Gasteiger partial charge in [-0.3, -0.25) is 0 Å². The number of aromatic carboxylic acids is 1. The number of hydrogen-bond donors (Lipinski definition) is 3. The van der Waals surface area contributed by atoms with Crippen LogP contribution in [0.5, 0.6) is 11.5 Å². The standard InChI is InChI=1S/C32H34N2O9S2/c35-32(36)24-10-2-1-9-23(24)31-25-17-21-7-3-11-33(13-5-15-44-42-40-37)27(21)19-29(25)39-30-20-28-22(18-26(30)31)8-4-12-34(28)14-6-16-45-43-41-38/h1-2,9-10,17-20H,3-8,11-16H2,(H2-,35,36,37,38)/p+1. The minimum absolute atomic E-state index is 0.253. The van der Waals surface area contributed by atoms with E-state index in [0.717, 1.165) is 116 Å². The van der Waals surface area contributed by atoms with Gasteiger partial charge in [0.25, 0.3) is 0 Å². The lowest BCUT2D eigenvalue weighted by atomic mass is 9.86. The van der Waals surface area contributed by atoms with Crippen LogP contribution in [-0.2, 0) is 31.6 Å². The van der Waals surface area contributed by atoms with E-state index in [0.29, 0.717) is 28.6 Å². The van der Waals surface area contributed by atoms with E-state index in [9.17, 15) is 9.90 Å². The summed E-state index contributed by atoms with van der Waals surface area (Å²) in [5, 5.41) is 36.4. The second kappa shape index (κ2) is 15.0. The fraction of sp³-hybridized carbons (Fsp3) is 0.375. The second-order valence-electron chi connectivity index (χ2n) is 11.1. The first-order valence-corrected chi connectivity index (χ1v) is 16.8. The molecule has 0 aromatic heterocycles. The van der Waals surface area contributed by atoms with Crippen LogP contribution in [0.25, 0.3) is 5.57 Å². The number of nitrogens with zero attached hydrogens (tertiary/aromatic N) is 2. The molecule has 3 aliphatic rings. The van der Waals surface area contributed by atoms with E-state index < -0.39 is 5.97 Å². The van der Waals surface area contributed by atoms with Crippen LogP contribution in [0.1, 0.15) is 58.3 Å². The molecular weight excluding hydrogens is 620 g/mol. The Morgan fingerprint density at radius 1 is 0.911 bits per heavy atom. The molecule has 3 N–H and O–H groups in total. The number of rotatable bonds is 14. The van der Waals surface area contributed by atoms with Crippen LogP contribution in [0.15, 0.2) is 48.5 Å². The highest BCUT2D eigenvalue weighted by Crippen LogP contribution is 2.42. The zero-order valence-corrected chi connectivity index (χ0v) is 26.2. The smallest absolute Gasteiger partial charge is 0.336 e. The fourth-order valence-electron chi connectivity index (χ4n) is 6.58. The van der Waals surface area contributed by atoms with Gasteiger partial charge >= 0.3 is 5.97 Å². The number of fused-ring (bicyclic) bond motifs is 4. The van der Waals surface area contributed by atoms with Crippen LogP contribution in [0.2, 0.25) is 0 Å². The van der Waals surface area contributed by atoms with E-state index in [1.807, 2.05) is 12.1 Å². The Hall–Kier alpha value is -3.14. The summed E-state index contributed by atoms with van der Waals surface area (Å²) in [6.45, 7) is 3.44. The van der Waals surface area contributed by atoms with Crippen molar-refractivity contribution in [2.75, 3.05) is 42.6 Å². The number of ether oxygens (including phenoxy) is 1. The third-order valence-corrected chi connectivity index (χ3v) is 9.67. The van der Waals surface area contributed by atoms with Crippen molar-refractivity contribution in [1.29, 1.82) is 0 Å². The maximum atomic E-state index is 12.4. The molecule has 3 aromatic rings. The Morgan fingerprint density at radius 2 is 1.69 bits per heavy atom. The van der Waals surface area contributed by atoms with E-state index in [1.54, 1.807) is 12.1 Å². The van der Waals surface area contributed by atoms with E-state index in [1.165, 1.54) is 11.1 Å². The van der Waals surface area contributed by atoms with Gasteiger partial charge in [-0.25, -0.2) is 19.9 Å². The van der Waals surface area contributed by atoms with Gasteiger partial charge in [-0.1, -0.05) is 28.3 Å². The van der Waals surface area contributed by atoms with Crippen molar-refractivity contribution in [3.05, 3.63) is 86.9 Å². The van der Waals surface area contributed by atoms with Gasteiger partial charge in [-0.15, -0.1) is 8.67 Å². The summed E-state index contributed by atoms with van der Waals surface area (Å²) in [5.41, 5.74) is 6.22. The molecule has 3 heterocycles. The van der Waals surface area contributed by atoms with Crippen molar-refractivity contribution in [2.45, 2.75) is 38.5 Å². The fourth-order valence-corrected chi connectivity index (χ4v) is 7.30. The minimum Gasteiger partial charge on any atom is -0.478 e.